The lowest BCUT2D eigenvalue weighted by molar-refractivity contribution is -0.159. The van der Waals surface area contributed by atoms with Gasteiger partial charge in [-0.25, -0.2) is 9.59 Å². The minimum Gasteiger partial charge on any atom is -0.375 e. The van der Waals surface area contributed by atoms with E-state index in [1.54, 1.807) is 4.90 Å². The van der Waals surface area contributed by atoms with Crippen molar-refractivity contribution in [1.29, 1.82) is 0 Å². The van der Waals surface area contributed by atoms with Gasteiger partial charge < -0.3 is 19.1 Å². The van der Waals surface area contributed by atoms with Crippen LogP contribution in [0.15, 0.2) is 60.7 Å². The number of rotatable bonds is 8. The molecule has 4 aliphatic rings. The average Bonchev–Trinajstić information content (AvgIpc) is 3.26. The molecule has 0 aliphatic carbocycles. The van der Waals surface area contributed by atoms with Gasteiger partial charge in [0.05, 0.1) is 50.5 Å². The third-order valence-corrected chi connectivity index (χ3v) is 9.35. The van der Waals surface area contributed by atoms with Gasteiger partial charge >= 0.3 is 12.1 Å². The first-order valence-electron chi connectivity index (χ1n) is 15.0. The molecule has 2 aromatic rings. The maximum Gasteiger partial charge on any atom is 0.348 e. The summed E-state index contributed by atoms with van der Waals surface area (Å²) < 4.78 is 19.1. The van der Waals surface area contributed by atoms with Crippen molar-refractivity contribution in [2.24, 2.45) is 5.92 Å². The Morgan fingerprint density at radius 3 is 2.28 bits per heavy atom. The smallest absolute Gasteiger partial charge is 0.348 e. The minimum atomic E-state index is -1.02. The molecule has 0 spiro atoms. The molecule has 4 saturated heterocycles. The number of carbonyl (C=O) groups is 3. The van der Waals surface area contributed by atoms with Gasteiger partial charge in [0.2, 0.25) is 5.91 Å². The lowest BCUT2D eigenvalue weighted by Crippen LogP contribution is -2.70. The van der Waals surface area contributed by atoms with Crippen molar-refractivity contribution in [3.63, 3.8) is 0 Å². The Bertz CT molecular complexity index is 1330. The van der Waals surface area contributed by atoms with Crippen molar-refractivity contribution in [3.05, 3.63) is 71.8 Å². The number of fused-ring (bicyclic) bond motifs is 2. The second kappa shape index (κ2) is 11.9. The summed E-state index contributed by atoms with van der Waals surface area (Å²) in [4.78, 5) is 42.6. The molecule has 0 bridgehead atoms. The highest BCUT2D eigenvalue weighted by Crippen LogP contribution is 2.46. The van der Waals surface area contributed by atoms with Gasteiger partial charge in [-0.3, -0.25) is 20.2 Å². The van der Waals surface area contributed by atoms with Crippen LogP contribution in [0.25, 0.3) is 0 Å². The first-order chi connectivity index (χ1) is 20.6. The van der Waals surface area contributed by atoms with Gasteiger partial charge in [-0.15, -0.1) is 0 Å². The Labute approximate surface area is 251 Å². The van der Waals surface area contributed by atoms with E-state index < -0.39 is 35.9 Å². The highest BCUT2D eigenvalue weighted by Gasteiger charge is 2.61. The molecule has 11 heteroatoms. The zero-order valence-electron chi connectivity index (χ0n) is 24.8. The molecule has 2 aromatic carbocycles. The van der Waals surface area contributed by atoms with Crippen LogP contribution in [-0.4, -0.2) is 86.7 Å². The topological polar surface area (TPSA) is 121 Å². The normalized spacial score (nSPS) is 32.0. The second-order valence-corrected chi connectivity index (χ2v) is 12.5. The van der Waals surface area contributed by atoms with Gasteiger partial charge in [0.15, 0.2) is 0 Å². The maximum atomic E-state index is 14.4. The fraction of sp³-hybridized carbons (Fsp3) is 0.531. The second-order valence-electron chi connectivity index (χ2n) is 12.5. The summed E-state index contributed by atoms with van der Waals surface area (Å²) >= 11 is 0. The monoisotopic (exact) mass is 592 g/mol. The number of benzene rings is 2. The molecule has 4 heterocycles. The molecule has 6 rings (SSSR count). The lowest BCUT2D eigenvalue weighted by atomic mass is 9.79. The number of hydroxylamine groups is 2. The van der Waals surface area contributed by atoms with Crippen molar-refractivity contribution in [1.82, 2.24) is 20.2 Å². The van der Waals surface area contributed by atoms with E-state index in [0.29, 0.717) is 37.7 Å². The number of piperidine rings is 1. The molecule has 4 fully saturated rings. The summed E-state index contributed by atoms with van der Waals surface area (Å²) in [5.41, 5.74) is 1.12. The summed E-state index contributed by atoms with van der Waals surface area (Å²) in [6.45, 7) is 6.97. The molecule has 1 unspecified atom stereocenters. The first kappa shape index (κ1) is 29.6. The van der Waals surface area contributed by atoms with Crippen LogP contribution in [0.3, 0.4) is 0 Å². The number of urea groups is 2. The third kappa shape index (κ3) is 5.74. The number of nitrogens with one attached hydrogen (secondary N) is 1. The number of hydrogen-bond donors (Lipinski definition) is 2. The van der Waals surface area contributed by atoms with Crippen LogP contribution in [-0.2, 0) is 32.2 Å². The van der Waals surface area contributed by atoms with E-state index in [4.69, 9.17) is 14.2 Å². The Morgan fingerprint density at radius 2 is 1.60 bits per heavy atom. The molecule has 0 saturated carbocycles. The number of hydrogen-bond acceptors (Lipinski definition) is 7. The van der Waals surface area contributed by atoms with Crippen molar-refractivity contribution >= 4 is 18.0 Å². The highest BCUT2D eigenvalue weighted by atomic mass is 16.6. The molecular weight excluding hydrogens is 552 g/mol. The van der Waals surface area contributed by atoms with Gasteiger partial charge in [-0.2, -0.15) is 5.06 Å². The number of nitrogens with zero attached hydrogens (tertiary/aromatic N) is 3. The molecule has 7 atom stereocenters. The quantitative estimate of drug-likeness (QED) is 0.446. The number of carbonyl (C=O) groups excluding carboxylic acids is 3. The SMILES string of the molecule is C[C@H]1[C@@H](OCc2ccccc2)C[C@@H]2C[C@@H]3[C@@H](C4CC(=O)NC(=O)N4O)OC(C)(C)N3C(=O)N2[C@@H]1COCc1ccccc1. The minimum absolute atomic E-state index is 0.00809. The standard InChI is InChI=1S/C32H40N4O7/c1-20-26(19-41-17-21-10-6-4-7-11-21)34-23(15-27(20)42-18-22-12-8-5-9-13-22)14-24-29(43-32(2,3)35(24)31(34)39)25-16-28(37)33-30(38)36(25)40/h4-13,20,23-27,29,40H,14-19H2,1-3H3,(H,33,37,38)/t20-,23+,24-,25?,26-,27+,29+/m1/s1. The van der Waals surface area contributed by atoms with Crippen LogP contribution in [0, 0.1) is 5.92 Å². The number of amides is 5. The fourth-order valence-corrected chi connectivity index (χ4v) is 7.25. The molecule has 11 nitrogen and oxygen atoms in total. The number of imide groups is 1. The zero-order chi connectivity index (χ0) is 30.3. The van der Waals surface area contributed by atoms with Crippen LogP contribution in [0.4, 0.5) is 9.59 Å². The van der Waals surface area contributed by atoms with E-state index in [1.807, 2.05) is 79.4 Å². The molecule has 230 valence electrons. The van der Waals surface area contributed by atoms with Crippen LogP contribution in [0.1, 0.15) is 51.2 Å². The average molecular weight is 593 g/mol. The van der Waals surface area contributed by atoms with Gasteiger partial charge in [-0.05, 0) is 37.8 Å². The molecule has 43 heavy (non-hydrogen) atoms. The van der Waals surface area contributed by atoms with Gasteiger partial charge in [-0.1, -0.05) is 67.6 Å². The predicted octanol–water partition coefficient (Wildman–Crippen LogP) is 3.90. The lowest BCUT2D eigenvalue weighted by Gasteiger charge is -2.55. The Hall–Kier alpha value is -3.51. The van der Waals surface area contributed by atoms with Crippen LogP contribution in [0.5, 0.6) is 0 Å². The molecule has 5 amide bonds. The molecule has 0 aromatic heterocycles. The van der Waals surface area contributed by atoms with E-state index in [1.165, 1.54) is 0 Å². The summed E-state index contributed by atoms with van der Waals surface area (Å²) in [6, 6.07) is 17.1. The van der Waals surface area contributed by atoms with E-state index in [2.05, 4.69) is 12.2 Å². The van der Waals surface area contributed by atoms with Crippen molar-refractivity contribution in [2.45, 2.75) is 95.3 Å². The summed E-state index contributed by atoms with van der Waals surface area (Å²) in [5, 5.41) is 13.3. The number of ether oxygens (including phenoxy) is 3. The Kier molecular flexibility index (Phi) is 8.16. The Balaban J connectivity index is 1.26. The Morgan fingerprint density at radius 1 is 0.953 bits per heavy atom. The summed E-state index contributed by atoms with van der Waals surface area (Å²) in [7, 11) is 0. The summed E-state index contributed by atoms with van der Waals surface area (Å²) in [5.74, 6) is -0.494. The molecule has 2 N–H and O–H groups in total. The van der Waals surface area contributed by atoms with Crippen LogP contribution >= 0.6 is 0 Å². The first-order valence-corrected chi connectivity index (χ1v) is 15.0. The zero-order valence-corrected chi connectivity index (χ0v) is 24.8. The highest BCUT2D eigenvalue weighted by molar-refractivity contribution is 5.96. The van der Waals surface area contributed by atoms with Crippen molar-refractivity contribution < 1.29 is 33.8 Å². The molecule has 0 radical (unpaired) electrons. The van der Waals surface area contributed by atoms with E-state index >= 15 is 0 Å². The van der Waals surface area contributed by atoms with Crippen molar-refractivity contribution in [3.8, 4) is 0 Å². The fourth-order valence-electron chi connectivity index (χ4n) is 7.25. The summed E-state index contributed by atoms with van der Waals surface area (Å²) in [6.07, 6.45) is 0.172. The van der Waals surface area contributed by atoms with Crippen molar-refractivity contribution in [2.75, 3.05) is 6.61 Å². The molecular formula is C32H40N4O7. The van der Waals surface area contributed by atoms with Gasteiger partial charge in [0.1, 0.15) is 11.8 Å². The van der Waals surface area contributed by atoms with Crippen LogP contribution < -0.4 is 5.32 Å². The third-order valence-electron chi connectivity index (χ3n) is 9.35. The van der Waals surface area contributed by atoms with Gasteiger partial charge in [0.25, 0.3) is 0 Å². The molecule has 4 aliphatic heterocycles. The van der Waals surface area contributed by atoms with E-state index in [0.717, 1.165) is 11.1 Å². The van der Waals surface area contributed by atoms with Crippen LogP contribution in [0.2, 0.25) is 0 Å². The largest absolute Gasteiger partial charge is 0.375 e. The van der Waals surface area contributed by atoms with E-state index in [-0.39, 0.29) is 36.6 Å². The maximum absolute atomic E-state index is 14.4. The predicted molar refractivity (Wildman–Crippen MR) is 154 cm³/mol. The van der Waals surface area contributed by atoms with E-state index in [9.17, 15) is 19.6 Å². The van der Waals surface area contributed by atoms with Gasteiger partial charge in [0, 0.05) is 12.0 Å².